The summed E-state index contributed by atoms with van der Waals surface area (Å²) in [5, 5.41) is 3.04. The summed E-state index contributed by atoms with van der Waals surface area (Å²) in [7, 11) is 0. The largest absolute Gasteiger partial charge is 0.315 e. The summed E-state index contributed by atoms with van der Waals surface area (Å²) in [6, 6.07) is 13.4. The lowest BCUT2D eigenvalue weighted by molar-refractivity contribution is -0.122. The van der Waals surface area contributed by atoms with Crippen molar-refractivity contribution >= 4 is 52.5 Å². The van der Waals surface area contributed by atoms with Crippen LogP contribution < -0.4 is 10.2 Å². The predicted octanol–water partition coefficient (Wildman–Crippen LogP) is 5.03. The molecule has 0 saturated carbocycles. The maximum absolute atomic E-state index is 14.4. The quantitative estimate of drug-likeness (QED) is 0.334. The molecule has 1 aliphatic rings. The van der Waals surface area contributed by atoms with Gasteiger partial charge in [0.15, 0.2) is 5.11 Å². The van der Waals surface area contributed by atoms with Crippen molar-refractivity contribution in [1.29, 1.82) is 0 Å². The number of nitrogens with one attached hydrogen (secondary N) is 1. The zero-order valence-electron chi connectivity index (χ0n) is 17.6. The second-order valence-corrected chi connectivity index (χ2v) is 8.25. The van der Waals surface area contributed by atoms with E-state index in [1.165, 1.54) is 17.0 Å². The highest BCUT2D eigenvalue weighted by atomic mass is 35.5. The van der Waals surface area contributed by atoms with Crippen molar-refractivity contribution in [2.75, 3.05) is 4.90 Å². The number of hydrogen-bond acceptors (Lipinski definition) is 3. The molecule has 3 aromatic rings. The van der Waals surface area contributed by atoms with E-state index in [-0.39, 0.29) is 16.5 Å². The van der Waals surface area contributed by atoms with Crippen LogP contribution in [0.2, 0.25) is 5.02 Å². The van der Waals surface area contributed by atoms with Gasteiger partial charge in [-0.25, -0.2) is 4.39 Å². The standard InChI is InChI=1S/C24H19ClFN3O2S/c1-13-11-16(15(3)28(13)21-9-5-4-8-19(21)26)12-17-22(30)27-24(32)29(23(17)31)20-10-6-7-18(25)14(20)2/h4-12H,1-3H3,(H,27,30,32)/b17-12+. The fourth-order valence-corrected chi connectivity index (χ4v) is 4.25. The number of aromatic nitrogens is 1. The topological polar surface area (TPSA) is 54.3 Å². The van der Waals surface area contributed by atoms with Crippen LogP contribution in [0.1, 0.15) is 22.5 Å². The van der Waals surface area contributed by atoms with Gasteiger partial charge in [0, 0.05) is 16.4 Å². The van der Waals surface area contributed by atoms with E-state index in [9.17, 15) is 14.0 Å². The molecule has 1 saturated heterocycles. The van der Waals surface area contributed by atoms with Crippen molar-refractivity contribution in [3.05, 3.63) is 87.5 Å². The third kappa shape index (κ3) is 3.63. The average molecular weight is 468 g/mol. The Morgan fingerprint density at radius 2 is 1.72 bits per heavy atom. The van der Waals surface area contributed by atoms with Gasteiger partial charge >= 0.3 is 0 Å². The van der Waals surface area contributed by atoms with E-state index in [4.69, 9.17) is 23.8 Å². The Labute approximate surface area is 195 Å². The molecule has 0 unspecified atom stereocenters. The molecular formula is C24H19ClFN3O2S. The monoisotopic (exact) mass is 467 g/mol. The number of rotatable bonds is 3. The van der Waals surface area contributed by atoms with Gasteiger partial charge in [-0.15, -0.1) is 0 Å². The normalized spacial score (nSPS) is 15.5. The number of anilines is 1. The fourth-order valence-electron chi connectivity index (χ4n) is 3.81. The van der Waals surface area contributed by atoms with Crippen LogP contribution in [0, 0.1) is 26.6 Å². The number of carbonyl (C=O) groups excluding carboxylic acids is 2. The maximum Gasteiger partial charge on any atom is 0.270 e. The molecule has 0 atom stereocenters. The van der Waals surface area contributed by atoms with E-state index in [0.717, 1.165) is 5.69 Å². The summed E-state index contributed by atoms with van der Waals surface area (Å²) in [4.78, 5) is 27.3. The highest BCUT2D eigenvalue weighted by Crippen LogP contribution is 2.30. The van der Waals surface area contributed by atoms with E-state index >= 15 is 0 Å². The number of halogens is 2. The number of hydrogen-bond donors (Lipinski definition) is 1. The van der Waals surface area contributed by atoms with Gasteiger partial charge in [-0.1, -0.05) is 29.8 Å². The van der Waals surface area contributed by atoms with Crippen molar-refractivity contribution in [3.63, 3.8) is 0 Å². The minimum Gasteiger partial charge on any atom is -0.315 e. The Hall–Kier alpha value is -3.29. The molecule has 2 amide bonds. The first kappa shape index (κ1) is 21.9. The molecule has 1 aromatic heterocycles. The molecule has 8 heteroatoms. The third-order valence-electron chi connectivity index (χ3n) is 5.45. The van der Waals surface area contributed by atoms with E-state index < -0.39 is 11.8 Å². The van der Waals surface area contributed by atoms with E-state index in [1.807, 2.05) is 6.92 Å². The Bertz CT molecular complexity index is 1330. The van der Waals surface area contributed by atoms with Crippen LogP contribution in [0.4, 0.5) is 10.1 Å². The van der Waals surface area contributed by atoms with Gasteiger partial charge in [-0.2, -0.15) is 0 Å². The Kier molecular flexibility index (Phi) is 5.71. The van der Waals surface area contributed by atoms with Gasteiger partial charge in [0.2, 0.25) is 0 Å². The van der Waals surface area contributed by atoms with Crippen molar-refractivity contribution in [2.45, 2.75) is 20.8 Å². The van der Waals surface area contributed by atoms with Crippen LogP contribution in [0.5, 0.6) is 0 Å². The predicted molar refractivity (Wildman–Crippen MR) is 128 cm³/mol. The molecule has 0 radical (unpaired) electrons. The fraction of sp³-hybridized carbons (Fsp3) is 0.125. The number of nitrogens with zero attached hydrogens (tertiary/aromatic N) is 2. The summed E-state index contributed by atoms with van der Waals surface area (Å²) >= 11 is 11.5. The lowest BCUT2D eigenvalue weighted by atomic mass is 10.1. The molecule has 162 valence electrons. The van der Waals surface area contributed by atoms with Gasteiger partial charge in [0.25, 0.3) is 11.8 Å². The summed E-state index contributed by atoms with van der Waals surface area (Å²) in [5.41, 5.74) is 3.56. The zero-order valence-corrected chi connectivity index (χ0v) is 19.1. The van der Waals surface area contributed by atoms with Crippen LogP contribution in [0.25, 0.3) is 11.8 Å². The summed E-state index contributed by atoms with van der Waals surface area (Å²) in [6.07, 6.45) is 1.51. The van der Waals surface area contributed by atoms with Crippen LogP contribution in [0.3, 0.4) is 0 Å². The molecule has 0 bridgehead atoms. The van der Waals surface area contributed by atoms with Crippen molar-refractivity contribution in [2.24, 2.45) is 0 Å². The second-order valence-electron chi connectivity index (χ2n) is 7.46. The Morgan fingerprint density at radius 1 is 1.03 bits per heavy atom. The third-order valence-corrected chi connectivity index (χ3v) is 6.14. The molecule has 1 fully saturated rings. The minimum atomic E-state index is -0.591. The first-order valence-corrected chi connectivity index (χ1v) is 10.6. The Morgan fingerprint density at radius 3 is 2.44 bits per heavy atom. The smallest absolute Gasteiger partial charge is 0.270 e. The van der Waals surface area contributed by atoms with Gasteiger partial charge in [0.05, 0.1) is 11.4 Å². The van der Waals surface area contributed by atoms with E-state index in [0.29, 0.717) is 33.2 Å². The minimum absolute atomic E-state index is 0.0145. The van der Waals surface area contributed by atoms with Gasteiger partial charge < -0.3 is 4.57 Å². The first-order chi connectivity index (χ1) is 15.2. The number of thiocarbonyl (C=S) groups is 1. The van der Waals surface area contributed by atoms with Crippen molar-refractivity contribution < 1.29 is 14.0 Å². The second kappa shape index (κ2) is 8.33. The molecule has 5 nitrogen and oxygen atoms in total. The zero-order chi connectivity index (χ0) is 23.2. The summed E-state index contributed by atoms with van der Waals surface area (Å²) in [5.74, 6) is -1.51. The number of aryl methyl sites for hydroxylation is 1. The molecule has 32 heavy (non-hydrogen) atoms. The highest BCUT2D eigenvalue weighted by molar-refractivity contribution is 7.80. The van der Waals surface area contributed by atoms with Crippen molar-refractivity contribution in [1.82, 2.24) is 9.88 Å². The summed E-state index contributed by atoms with van der Waals surface area (Å²) < 4.78 is 16.1. The highest BCUT2D eigenvalue weighted by Gasteiger charge is 2.35. The molecule has 1 N–H and O–H groups in total. The first-order valence-electron chi connectivity index (χ1n) is 9.81. The number of benzene rings is 2. The van der Waals surface area contributed by atoms with Crippen molar-refractivity contribution in [3.8, 4) is 5.69 Å². The van der Waals surface area contributed by atoms with Gasteiger partial charge in [0.1, 0.15) is 11.4 Å². The SMILES string of the molecule is Cc1c(Cl)cccc1N1C(=O)/C(=C/c2cc(C)n(-c3ccccc3F)c2C)C(=O)NC1=S. The molecule has 2 heterocycles. The number of amides is 2. The maximum atomic E-state index is 14.4. The Balaban J connectivity index is 1.81. The van der Waals surface area contributed by atoms with Crippen LogP contribution >= 0.6 is 23.8 Å². The van der Waals surface area contributed by atoms with E-state index in [2.05, 4.69) is 5.32 Å². The molecule has 4 rings (SSSR count). The number of carbonyl (C=O) groups is 2. The van der Waals surface area contributed by atoms with Crippen LogP contribution in [0.15, 0.2) is 54.1 Å². The lowest BCUT2D eigenvalue weighted by Gasteiger charge is -2.30. The lowest BCUT2D eigenvalue weighted by Crippen LogP contribution is -2.54. The van der Waals surface area contributed by atoms with Gasteiger partial charge in [-0.05, 0) is 80.5 Å². The van der Waals surface area contributed by atoms with E-state index in [1.54, 1.807) is 60.9 Å². The molecule has 0 spiro atoms. The number of para-hydroxylation sites is 1. The van der Waals surface area contributed by atoms with Crippen LogP contribution in [-0.4, -0.2) is 21.5 Å². The van der Waals surface area contributed by atoms with Gasteiger partial charge in [-0.3, -0.25) is 19.8 Å². The molecular weight excluding hydrogens is 449 g/mol. The molecule has 2 aromatic carbocycles. The molecule has 1 aliphatic heterocycles. The average Bonchev–Trinajstić information content (AvgIpc) is 3.01. The summed E-state index contributed by atoms with van der Waals surface area (Å²) in [6.45, 7) is 5.41. The van der Waals surface area contributed by atoms with Crippen LogP contribution in [-0.2, 0) is 9.59 Å². The molecule has 0 aliphatic carbocycles.